The Bertz CT molecular complexity index is 464. The number of nitrogens with two attached hydrogens (primary N) is 1. The summed E-state index contributed by atoms with van der Waals surface area (Å²) in [6.45, 7) is 3.00. The van der Waals surface area contributed by atoms with Gasteiger partial charge in [-0.3, -0.25) is 9.67 Å². The van der Waals surface area contributed by atoms with Crippen LogP contribution in [0.3, 0.4) is 0 Å². The zero-order chi connectivity index (χ0) is 11.4. The summed E-state index contributed by atoms with van der Waals surface area (Å²) in [7, 11) is 0. The average molecular weight is 218 g/mol. The number of nitrogens with zero attached hydrogens (tertiary/aromatic N) is 4. The zero-order valence-electron chi connectivity index (χ0n) is 9.09. The van der Waals surface area contributed by atoms with E-state index in [4.69, 9.17) is 5.84 Å². The number of nitrogens with one attached hydrogen (secondary N) is 1. The van der Waals surface area contributed by atoms with Gasteiger partial charge in [0.2, 0.25) is 0 Å². The van der Waals surface area contributed by atoms with E-state index >= 15 is 0 Å². The first kappa shape index (κ1) is 10.6. The molecule has 0 atom stereocenters. The third-order valence-corrected chi connectivity index (χ3v) is 2.19. The highest BCUT2D eigenvalue weighted by molar-refractivity contribution is 5.69. The van der Waals surface area contributed by atoms with Gasteiger partial charge in [-0.25, -0.2) is 10.8 Å². The Morgan fingerprint density at radius 3 is 2.94 bits per heavy atom. The summed E-state index contributed by atoms with van der Waals surface area (Å²) in [4.78, 5) is 8.33. The predicted molar refractivity (Wildman–Crippen MR) is 61.4 cm³/mol. The van der Waals surface area contributed by atoms with Crippen molar-refractivity contribution in [3.05, 3.63) is 24.8 Å². The minimum absolute atomic E-state index is 0.554. The second kappa shape index (κ2) is 4.71. The molecule has 2 heterocycles. The van der Waals surface area contributed by atoms with Crippen molar-refractivity contribution in [1.82, 2.24) is 19.7 Å². The van der Waals surface area contributed by atoms with E-state index in [1.165, 1.54) is 0 Å². The third kappa shape index (κ3) is 2.01. The van der Waals surface area contributed by atoms with Crippen molar-refractivity contribution in [2.75, 3.05) is 5.43 Å². The maximum absolute atomic E-state index is 5.37. The second-order valence-corrected chi connectivity index (χ2v) is 3.39. The average Bonchev–Trinajstić information content (AvgIpc) is 2.78. The summed E-state index contributed by atoms with van der Waals surface area (Å²) in [5, 5.41) is 4.24. The van der Waals surface area contributed by atoms with Crippen LogP contribution in [0.1, 0.15) is 13.3 Å². The Morgan fingerprint density at radius 2 is 2.19 bits per heavy atom. The van der Waals surface area contributed by atoms with Gasteiger partial charge in [-0.1, -0.05) is 6.92 Å². The van der Waals surface area contributed by atoms with Crippen LogP contribution in [0.25, 0.3) is 11.3 Å². The molecular weight excluding hydrogens is 204 g/mol. The Balaban J connectivity index is 2.34. The van der Waals surface area contributed by atoms with E-state index < -0.39 is 0 Å². The van der Waals surface area contributed by atoms with Crippen LogP contribution in [0, 0.1) is 0 Å². The third-order valence-electron chi connectivity index (χ3n) is 2.19. The molecule has 0 aliphatic carbocycles. The van der Waals surface area contributed by atoms with Crippen LogP contribution in [0.2, 0.25) is 0 Å². The topological polar surface area (TPSA) is 81.7 Å². The Labute approximate surface area is 93.5 Å². The summed E-state index contributed by atoms with van der Waals surface area (Å²) in [5.74, 6) is 5.93. The highest BCUT2D eigenvalue weighted by atomic mass is 15.3. The van der Waals surface area contributed by atoms with Crippen LogP contribution in [-0.4, -0.2) is 19.7 Å². The minimum Gasteiger partial charge on any atom is -0.307 e. The summed E-state index contributed by atoms with van der Waals surface area (Å²) in [5.41, 5.74) is 4.15. The summed E-state index contributed by atoms with van der Waals surface area (Å²) in [6, 6.07) is 0. The predicted octanol–water partition coefficient (Wildman–Crippen LogP) is 1.04. The molecule has 0 aliphatic rings. The SMILES string of the molecule is CCCn1cc(-c2nccnc2NN)cn1. The van der Waals surface area contributed by atoms with E-state index in [1.54, 1.807) is 18.6 Å². The van der Waals surface area contributed by atoms with Crippen molar-refractivity contribution in [3.8, 4) is 11.3 Å². The first-order valence-electron chi connectivity index (χ1n) is 5.15. The fourth-order valence-electron chi connectivity index (χ4n) is 1.49. The monoisotopic (exact) mass is 218 g/mol. The van der Waals surface area contributed by atoms with Crippen LogP contribution >= 0.6 is 0 Å². The molecule has 0 saturated carbocycles. The molecule has 0 unspecified atom stereocenters. The van der Waals surface area contributed by atoms with Crippen LogP contribution in [0.5, 0.6) is 0 Å². The van der Waals surface area contributed by atoms with Gasteiger partial charge in [0.05, 0.1) is 6.20 Å². The maximum Gasteiger partial charge on any atom is 0.166 e. The highest BCUT2D eigenvalue weighted by Crippen LogP contribution is 2.21. The lowest BCUT2D eigenvalue weighted by Gasteiger charge is -2.03. The molecular formula is C10H14N6. The van der Waals surface area contributed by atoms with Crippen molar-refractivity contribution in [2.24, 2.45) is 5.84 Å². The van der Waals surface area contributed by atoms with E-state index in [0.29, 0.717) is 11.5 Å². The Hall–Kier alpha value is -1.95. The number of hydrogen-bond acceptors (Lipinski definition) is 5. The first-order valence-corrected chi connectivity index (χ1v) is 5.15. The summed E-state index contributed by atoms with van der Waals surface area (Å²) < 4.78 is 1.88. The Morgan fingerprint density at radius 1 is 1.38 bits per heavy atom. The molecule has 0 spiro atoms. The van der Waals surface area contributed by atoms with E-state index in [1.807, 2.05) is 10.9 Å². The first-order chi connectivity index (χ1) is 7.85. The van der Waals surface area contributed by atoms with E-state index in [0.717, 1.165) is 18.5 Å². The van der Waals surface area contributed by atoms with E-state index in [2.05, 4.69) is 27.4 Å². The van der Waals surface area contributed by atoms with Crippen LogP contribution in [0.4, 0.5) is 5.82 Å². The van der Waals surface area contributed by atoms with Crippen LogP contribution in [-0.2, 0) is 6.54 Å². The van der Waals surface area contributed by atoms with Crippen molar-refractivity contribution >= 4 is 5.82 Å². The van der Waals surface area contributed by atoms with Crippen molar-refractivity contribution in [2.45, 2.75) is 19.9 Å². The largest absolute Gasteiger partial charge is 0.307 e. The fraction of sp³-hybridized carbons (Fsp3) is 0.300. The van der Waals surface area contributed by atoms with Gasteiger partial charge in [-0.2, -0.15) is 5.10 Å². The molecule has 2 aromatic heterocycles. The molecule has 0 fully saturated rings. The molecule has 0 saturated heterocycles. The molecule has 6 nitrogen and oxygen atoms in total. The number of aryl methyl sites for hydroxylation is 1. The molecule has 0 aliphatic heterocycles. The molecule has 16 heavy (non-hydrogen) atoms. The normalized spacial score (nSPS) is 10.4. The van der Waals surface area contributed by atoms with Gasteiger partial charge in [0.25, 0.3) is 0 Å². The van der Waals surface area contributed by atoms with Gasteiger partial charge in [0.1, 0.15) is 5.69 Å². The lowest BCUT2D eigenvalue weighted by molar-refractivity contribution is 0.603. The van der Waals surface area contributed by atoms with Crippen LogP contribution < -0.4 is 11.3 Å². The van der Waals surface area contributed by atoms with Crippen molar-refractivity contribution in [1.29, 1.82) is 0 Å². The molecule has 0 aromatic carbocycles. The quantitative estimate of drug-likeness (QED) is 0.591. The van der Waals surface area contributed by atoms with Gasteiger partial charge >= 0.3 is 0 Å². The lowest BCUT2D eigenvalue weighted by atomic mass is 10.2. The molecule has 6 heteroatoms. The lowest BCUT2D eigenvalue weighted by Crippen LogP contribution is -2.10. The summed E-state index contributed by atoms with van der Waals surface area (Å²) in [6.07, 6.45) is 7.97. The molecule has 2 aromatic rings. The minimum atomic E-state index is 0.554. The highest BCUT2D eigenvalue weighted by Gasteiger charge is 2.08. The number of hydrogen-bond donors (Lipinski definition) is 2. The van der Waals surface area contributed by atoms with Gasteiger partial charge < -0.3 is 5.43 Å². The molecule has 0 bridgehead atoms. The standard InChI is InChI=1S/C10H14N6/c1-2-5-16-7-8(6-14-16)9-10(15-11)13-4-3-12-9/h3-4,6-7H,2,5,11H2,1H3,(H,13,15). The molecule has 84 valence electrons. The van der Waals surface area contributed by atoms with Crippen molar-refractivity contribution < 1.29 is 0 Å². The molecule has 3 N–H and O–H groups in total. The molecule has 0 amide bonds. The van der Waals surface area contributed by atoms with Gasteiger partial charge in [-0.05, 0) is 6.42 Å². The van der Waals surface area contributed by atoms with Gasteiger partial charge in [0.15, 0.2) is 5.82 Å². The number of anilines is 1. The fourth-order valence-corrected chi connectivity index (χ4v) is 1.49. The number of aromatic nitrogens is 4. The van der Waals surface area contributed by atoms with Gasteiger partial charge in [0, 0.05) is 30.7 Å². The van der Waals surface area contributed by atoms with E-state index in [-0.39, 0.29) is 0 Å². The Kier molecular flexibility index (Phi) is 3.11. The number of nitrogen functional groups attached to an aromatic ring is 1. The van der Waals surface area contributed by atoms with Gasteiger partial charge in [-0.15, -0.1) is 0 Å². The molecule has 2 rings (SSSR count). The van der Waals surface area contributed by atoms with E-state index in [9.17, 15) is 0 Å². The second-order valence-electron chi connectivity index (χ2n) is 3.39. The summed E-state index contributed by atoms with van der Waals surface area (Å²) >= 11 is 0. The smallest absolute Gasteiger partial charge is 0.166 e. The maximum atomic E-state index is 5.37. The number of hydrazine groups is 1. The zero-order valence-corrected chi connectivity index (χ0v) is 9.09. The molecule has 0 radical (unpaired) electrons. The van der Waals surface area contributed by atoms with Crippen molar-refractivity contribution in [3.63, 3.8) is 0 Å². The van der Waals surface area contributed by atoms with Crippen LogP contribution in [0.15, 0.2) is 24.8 Å². The number of rotatable bonds is 4.